The van der Waals surface area contributed by atoms with E-state index in [4.69, 9.17) is 16.3 Å². The van der Waals surface area contributed by atoms with Crippen molar-refractivity contribution < 1.29 is 9.84 Å². The van der Waals surface area contributed by atoms with E-state index in [9.17, 15) is 5.11 Å². The number of hydrogen-bond acceptors (Lipinski definition) is 4. The molecule has 0 radical (unpaired) electrons. The molecule has 2 aromatic rings. The molecule has 0 bridgehead atoms. The van der Waals surface area contributed by atoms with E-state index in [1.807, 2.05) is 48.7 Å². The number of aliphatic hydroxyl groups is 1. The standard InChI is InChI=1S/C16H20ClNO2S/c1-12(13-4-2-5-14(17)8-13)18-9-15(19)10-20-11-16-6-3-7-21-16/h2-8,12,15,18-19H,9-11H2,1H3/t12-,15?/m0/s1. The van der Waals surface area contributed by atoms with Crippen molar-refractivity contribution in [3.05, 3.63) is 57.2 Å². The fourth-order valence-corrected chi connectivity index (χ4v) is 2.79. The van der Waals surface area contributed by atoms with E-state index < -0.39 is 6.10 Å². The zero-order valence-corrected chi connectivity index (χ0v) is 13.5. The van der Waals surface area contributed by atoms with Gasteiger partial charge in [0.15, 0.2) is 0 Å². The molecular formula is C16H20ClNO2S. The summed E-state index contributed by atoms with van der Waals surface area (Å²) in [5.74, 6) is 0. The predicted molar refractivity (Wildman–Crippen MR) is 87.9 cm³/mol. The van der Waals surface area contributed by atoms with E-state index in [0.717, 1.165) is 10.6 Å². The first kappa shape index (κ1) is 16.5. The summed E-state index contributed by atoms with van der Waals surface area (Å²) in [5.41, 5.74) is 1.11. The lowest BCUT2D eigenvalue weighted by atomic mass is 10.1. The Bertz CT molecular complexity index is 533. The number of halogens is 1. The molecule has 0 amide bonds. The van der Waals surface area contributed by atoms with Gasteiger partial charge in [0.05, 0.1) is 19.3 Å². The van der Waals surface area contributed by atoms with Gasteiger partial charge in [-0.25, -0.2) is 0 Å². The minimum atomic E-state index is -0.522. The first-order chi connectivity index (χ1) is 10.1. The summed E-state index contributed by atoms with van der Waals surface area (Å²) in [6.07, 6.45) is -0.522. The highest BCUT2D eigenvalue weighted by molar-refractivity contribution is 7.09. The Hall–Kier alpha value is -0.910. The Morgan fingerprint density at radius 1 is 1.33 bits per heavy atom. The molecule has 5 heteroatoms. The Kier molecular flexibility index (Phi) is 6.67. The smallest absolute Gasteiger partial charge is 0.0898 e. The number of aliphatic hydroxyl groups excluding tert-OH is 1. The average Bonchev–Trinajstić information content (AvgIpc) is 2.98. The molecule has 2 N–H and O–H groups in total. The zero-order chi connectivity index (χ0) is 15.1. The molecule has 0 saturated carbocycles. The lowest BCUT2D eigenvalue weighted by molar-refractivity contribution is 0.0288. The summed E-state index contributed by atoms with van der Waals surface area (Å²) in [4.78, 5) is 1.17. The van der Waals surface area contributed by atoms with Crippen molar-refractivity contribution in [1.29, 1.82) is 0 Å². The van der Waals surface area contributed by atoms with Crippen LogP contribution in [0.3, 0.4) is 0 Å². The fourth-order valence-electron chi connectivity index (χ4n) is 1.96. The van der Waals surface area contributed by atoms with Gasteiger partial charge in [-0.15, -0.1) is 11.3 Å². The van der Waals surface area contributed by atoms with Crippen LogP contribution in [0.4, 0.5) is 0 Å². The second-order valence-corrected chi connectivity index (χ2v) is 6.40. The molecule has 0 aliphatic rings. The van der Waals surface area contributed by atoms with Gasteiger partial charge in [-0.05, 0) is 36.1 Å². The van der Waals surface area contributed by atoms with Crippen LogP contribution in [0.2, 0.25) is 5.02 Å². The number of rotatable bonds is 8. The molecule has 0 aliphatic carbocycles. The molecule has 0 aliphatic heterocycles. The van der Waals surface area contributed by atoms with Crippen molar-refractivity contribution in [2.24, 2.45) is 0 Å². The van der Waals surface area contributed by atoms with Crippen LogP contribution in [0, 0.1) is 0 Å². The summed E-state index contributed by atoms with van der Waals surface area (Å²) in [6, 6.07) is 11.9. The molecule has 1 aromatic heterocycles. The van der Waals surface area contributed by atoms with Gasteiger partial charge < -0.3 is 15.2 Å². The highest BCUT2D eigenvalue weighted by Crippen LogP contribution is 2.17. The normalized spacial score (nSPS) is 14.0. The lowest BCUT2D eigenvalue weighted by Gasteiger charge is -2.17. The molecule has 0 fully saturated rings. The first-order valence-electron chi connectivity index (χ1n) is 6.92. The highest BCUT2D eigenvalue weighted by atomic mass is 35.5. The maximum Gasteiger partial charge on any atom is 0.0898 e. The molecule has 2 atom stereocenters. The van der Waals surface area contributed by atoms with Crippen LogP contribution in [0.15, 0.2) is 41.8 Å². The molecular weight excluding hydrogens is 306 g/mol. The molecule has 21 heavy (non-hydrogen) atoms. The van der Waals surface area contributed by atoms with E-state index in [2.05, 4.69) is 5.32 Å². The van der Waals surface area contributed by atoms with Crippen LogP contribution in [-0.2, 0) is 11.3 Å². The maximum absolute atomic E-state index is 9.92. The number of nitrogens with one attached hydrogen (secondary N) is 1. The molecule has 0 saturated heterocycles. The minimum Gasteiger partial charge on any atom is -0.389 e. The molecule has 0 spiro atoms. The minimum absolute atomic E-state index is 0.135. The molecule has 3 nitrogen and oxygen atoms in total. The summed E-state index contributed by atoms with van der Waals surface area (Å²) < 4.78 is 5.50. The van der Waals surface area contributed by atoms with Crippen molar-refractivity contribution in [1.82, 2.24) is 5.32 Å². The van der Waals surface area contributed by atoms with Crippen molar-refractivity contribution in [2.45, 2.75) is 25.7 Å². The van der Waals surface area contributed by atoms with Crippen LogP contribution in [0.25, 0.3) is 0 Å². The van der Waals surface area contributed by atoms with E-state index >= 15 is 0 Å². The third-order valence-corrected chi connectivity index (χ3v) is 4.23. The van der Waals surface area contributed by atoms with Gasteiger partial charge in [-0.2, -0.15) is 0 Å². The van der Waals surface area contributed by atoms with Gasteiger partial charge in [0.2, 0.25) is 0 Å². The summed E-state index contributed by atoms with van der Waals surface area (Å²) in [6.45, 7) is 3.41. The van der Waals surface area contributed by atoms with Gasteiger partial charge in [0, 0.05) is 22.5 Å². The van der Waals surface area contributed by atoms with Gasteiger partial charge in [-0.1, -0.05) is 29.8 Å². The average molecular weight is 326 g/mol. The van der Waals surface area contributed by atoms with Crippen LogP contribution < -0.4 is 5.32 Å². The second-order valence-electron chi connectivity index (χ2n) is 4.93. The Balaban J connectivity index is 1.67. The zero-order valence-electron chi connectivity index (χ0n) is 12.0. The van der Waals surface area contributed by atoms with Crippen LogP contribution in [0.1, 0.15) is 23.4 Å². The molecule has 114 valence electrons. The quantitative estimate of drug-likeness (QED) is 0.778. The number of benzene rings is 1. The Labute approximate surface area is 134 Å². The van der Waals surface area contributed by atoms with Gasteiger partial charge in [0.1, 0.15) is 0 Å². The Morgan fingerprint density at radius 3 is 2.90 bits per heavy atom. The van der Waals surface area contributed by atoms with Crippen molar-refractivity contribution >= 4 is 22.9 Å². The van der Waals surface area contributed by atoms with Crippen LogP contribution in [-0.4, -0.2) is 24.4 Å². The van der Waals surface area contributed by atoms with E-state index in [1.54, 1.807) is 11.3 Å². The van der Waals surface area contributed by atoms with Crippen molar-refractivity contribution in [2.75, 3.05) is 13.2 Å². The third-order valence-electron chi connectivity index (χ3n) is 3.14. The Morgan fingerprint density at radius 2 is 2.19 bits per heavy atom. The topological polar surface area (TPSA) is 41.5 Å². The molecule has 1 unspecified atom stereocenters. The lowest BCUT2D eigenvalue weighted by Crippen LogP contribution is -2.32. The van der Waals surface area contributed by atoms with E-state index in [0.29, 0.717) is 19.8 Å². The number of hydrogen-bond donors (Lipinski definition) is 2. The summed E-state index contributed by atoms with van der Waals surface area (Å²) in [5, 5.41) is 15.9. The number of ether oxygens (including phenoxy) is 1. The highest BCUT2D eigenvalue weighted by Gasteiger charge is 2.09. The van der Waals surface area contributed by atoms with E-state index in [-0.39, 0.29) is 6.04 Å². The maximum atomic E-state index is 9.92. The first-order valence-corrected chi connectivity index (χ1v) is 8.18. The fraction of sp³-hybridized carbons (Fsp3) is 0.375. The SMILES string of the molecule is C[C@H](NCC(O)COCc1cccs1)c1cccc(Cl)c1. The second kappa shape index (κ2) is 8.51. The summed E-state index contributed by atoms with van der Waals surface area (Å²) >= 11 is 7.63. The molecule has 1 aromatic carbocycles. The predicted octanol–water partition coefficient (Wildman–Crippen LogP) is 3.63. The van der Waals surface area contributed by atoms with Crippen LogP contribution >= 0.6 is 22.9 Å². The molecule has 1 heterocycles. The van der Waals surface area contributed by atoms with E-state index in [1.165, 1.54) is 4.88 Å². The summed E-state index contributed by atoms with van der Waals surface area (Å²) in [7, 11) is 0. The number of thiophene rings is 1. The van der Waals surface area contributed by atoms with Crippen LogP contribution in [0.5, 0.6) is 0 Å². The monoisotopic (exact) mass is 325 g/mol. The third kappa shape index (κ3) is 5.77. The largest absolute Gasteiger partial charge is 0.389 e. The molecule has 2 rings (SSSR count). The van der Waals surface area contributed by atoms with Gasteiger partial charge in [0.25, 0.3) is 0 Å². The van der Waals surface area contributed by atoms with Gasteiger partial charge in [-0.3, -0.25) is 0 Å². The van der Waals surface area contributed by atoms with Crippen molar-refractivity contribution in [3.63, 3.8) is 0 Å². The van der Waals surface area contributed by atoms with Crippen molar-refractivity contribution in [3.8, 4) is 0 Å². The van der Waals surface area contributed by atoms with Gasteiger partial charge >= 0.3 is 0 Å².